The maximum absolute atomic E-state index is 3.49. The van der Waals surface area contributed by atoms with Gasteiger partial charge in [-0.3, -0.25) is 0 Å². The smallest absolute Gasteiger partial charge is 0.105 e. The van der Waals surface area contributed by atoms with Gasteiger partial charge in [0.2, 0.25) is 0 Å². The molecule has 1 rings (SSSR count). The third-order valence-electron chi connectivity index (χ3n) is 2.76. The molecule has 2 unspecified atom stereocenters. The van der Waals surface area contributed by atoms with Gasteiger partial charge in [-0.1, -0.05) is 19.6 Å². The number of hydrogen-bond donors (Lipinski definition) is 1. The molecular weight excluding hydrogens is 133 g/mol. The quantitative estimate of drug-likeness (QED) is 0.479. The molecule has 0 aromatic rings. The molecule has 2 heteroatoms. The monoisotopic (exact) mass is 152 g/mol. The first-order valence-corrected chi connectivity index (χ1v) is 4.86. The first kappa shape index (κ1) is 9.12. The SMILES string of the molecule is C[B]CCCC1CCNC1C. The largest absolute Gasteiger partial charge is 0.314 e. The highest BCUT2D eigenvalue weighted by atomic mass is 14.9. The molecule has 0 aromatic carbocycles. The molecule has 0 bridgehead atoms. The third kappa shape index (κ3) is 2.86. The zero-order chi connectivity index (χ0) is 8.10. The summed E-state index contributed by atoms with van der Waals surface area (Å²) in [6.45, 7) is 5.70. The van der Waals surface area contributed by atoms with Gasteiger partial charge in [-0.25, -0.2) is 0 Å². The minimum Gasteiger partial charge on any atom is -0.314 e. The topological polar surface area (TPSA) is 12.0 Å². The molecule has 0 saturated carbocycles. The number of hydrogen-bond acceptors (Lipinski definition) is 1. The molecule has 1 fully saturated rings. The van der Waals surface area contributed by atoms with Gasteiger partial charge in [-0.05, 0) is 32.2 Å². The van der Waals surface area contributed by atoms with Crippen molar-refractivity contribution >= 4 is 7.28 Å². The van der Waals surface area contributed by atoms with E-state index in [-0.39, 0.29) is 0 Å². The van der Waals surface area contributed by atoms with Crippen LogP contribution in [0.25, 0.3) is 0 Å². The fourth-order valence-electron chi connectivity index (χ4n) is 1.89. The summed E-state index contributed by atoms with van der Waals surface area (Å²) >= 11 is 0. The number of nitrogens with one attached hydrogen (secondary N) is 1. The lowest BCUT2D eigenvalue weighted by Crippen LogP contribution is -2.22. The standard InChI is InChI=1S/C9H19BN/c1-8-9(5-7-11-8)4-3-6-10-2/h8-9,11H,3-7H2,1-2H3. The fraction of sp³-hybridized carbons (Fsp3) is 1.00. The van der Waals surface area contributed by atoms with E-state index >= 15 is 0 Å². The highest BCUT2D eigenvalue weighted by Crippen LogP contribution is 2.21. The van der Waals surface area contributed by atoms with Crippen LogP contribution < -0.4 is 5.32 Å². The van der Waals surface area contributed by atoms with Gasteiger partial charge < -0.3 is 5.32 Å². The van der Waals surface area contributed by atoms with Crippen molar-refractivity contribution in [3.63, 3.8) is 0 Å². The molecule has 1 radical (unpaired) electrons. The second-order valence-electron chi connectivity index (χ2n) is 3.63. The lowest BCUT2D eigenvalue weighted by Gasteiger charge is -2.13. The second-order valence-corrected chi connectivity index (χ2v) is 3.63. The lowest BCUT2D eigenvalue weighted by atomic mass is 9.75. The molecule has 2 atom stereocenters. The zero-order valence-corrected chi connectivity index (χ0v) is 7.77. The highest BCUT2D eigenvalue weighted by molar-refractivity contribution is 6.33. The summed E-state index contributed by atoms with van der Waals surface area (Å²) in [5.41, 5.74) is 0. The molecule has 0 aromatic heterocycles. The summed E-state index contributed by atoms with van der Waals surface area (Å²) in [5, 5.41) is 3.49. The van der Waals surface area contributed by atoms with Crippen LogP contribution in [0.2, 0.25) is 13.1 Å². The molecular formula is C9H19BN. The van der Waals surface area contributed by atoms with Crippen LogP contribution in [-0.4, -0.2) is 19.9 Å². The average Bonchev–Trinajstić information content (AvgIpc) is 2.37. The van der Waals surface area contributed by atoms with Crippen molar-refractivity contribution in [2.75, 3.05) is 6.54 Å². The molecule has 1 N–H and O–H groups in total. The Morgan fingerprint density at radius 1 is 1.55 bits per heavy atom. The minimum absolute atomic E-state index is 0.770. The van der Waals surface area contributed by atoms with Crippen molar-refractivity contribution < 1.29 is 0 Å². The van der Waals surface area contributed by atoms with Crippen LogP contribution in [0.3, 0.4) is 0 Å². The van der Waals surface area contributed by atoms with Gasteiger partial charge in [0, 0.05) is 6.04 Å². The highest BCUT2D eigenvalue weighted by Gasteiger charge is 2.21. The fourth-order valence-corrected chi connectivity index (χ4v) is 1.89. The Morgan fingerprint density at radius 3 is 2.91 bits per heavy atom. The maximum Gasteiger partial charge on any atom is 0.105 e. The third-order valence-corrected chi connectivity index (χ3v) is 2.76. The van der Waals surface area contributed by atoms with Crippen LogP contribution in [0.5, 0.6) is 0 Å². The Balaban J connectivity index is 2.05. The van der Waals surface area contributed by atoms with Gasteiger partial charge in [0.05, 0.1) is 0 Å². The van der Waals surface area contributed by atoms with E-state index in [1.54, 1.807) is 0 Å². The Hall–Kier alpha value is 0.0249. The van der Waals surface area contributed by atoms with Crippen LogP contribution in [0.15, 0.2) is 0 Å². The van der Waals surface area contributed by atoms with Crippen molar-refractivity contribution in [1.29, 1.82) is 0 Å². The van der Waals surface area contributed by atoms with Gasteiger partial charge in [0.1, 0.15) is 7.28 Å². The van der Waals surface area contributed by atoms with Gasteiger partial charge in [-0.15, -0.1) is 0 Å². The van der Waals surface area contributed by atoms with E-state index in [1.165, 1.54) is 32.1 Å². The molecule has 1 saturated heterocycles. The first-order chi connectivity index (χ1) is 5.34. The van der Waals surface area contributed by atoms with E-state index in [4.69, 9.17) is 0 Å². The second kappa shape index (κ2) is 4.81. The van der Waals surface area contributed by atoms with Crippen LogP contribution >= 0.6 is 0 Å². The van der Waals surface area contributed by atoms with E-state index < -0.39 is 0 Å². The molecule has 1 aliphatic rings. The van der Waals surface area contributed by atoms with E-state index in [2.05, 4.69) is 26.3 Å². The molecule has 11 heavy (non-hydrogen) atoms. The minimum atomic E-state index is 0.770. The molecule has 0 amide bonds. The van der Waals surface area contributed by atoms with Crippen LogP contribution in [-0.2, 0) is 0 Å². The molecule has 1 nitrogen and oxygen atoms in total. The Morgan fingerprint density at radius 2 is 2.36 bits per heavy atom. The Labute approximate surface area is 71.2 Å². The lowest BCUT2D eigenvalue weighted by molar-refractivity contribution is 0.439. The summed E-state index contributed by atoms with van der Waals surface area (Å²) in [7, 11) is 2.27. The van der Waals surface area contributed by atoms with Crippen molar-refractivity contribution in [3.8, 4) is 0 Å². The Kier molecular flexibility index (Phi) is 3.99. The average molecular weight is 152 g/mol. The normalized spacial score (nSPS) is 30.7. The Bertz CT molecular complexity index is 106. The van der Waals surface area contributed by atoms with E-state index in [0.717, 1.165) is 12.0 Å². The molecule has 1 heterocycles. The van der Waals surface area contributed by atoms with Crippen molar-refractivity contribution in [1.82, 2.24) is 5.32 Å². The predicted octanol–water partition coefficient (Wildman–Crippen LogP) is 1.94. The molecule has 0 spiro atoms. The van der Waals surface area contributed by atoms with Crippen LogP contribution in [0.4, 0.5) is 0 Å². The van der Waals surface area contributed by atoms with Gasteiger partial charge in [0.15, 0.2) is 0 Å². The number of rotatable bonds is 4. The van der Waals surface area contributed by atoms with Crippen molar-refractivity contribution in [2.24, 2.45) is 5.92 Å². The maximum atomic E-state index is 3.49. The summed E-state index contributed by atoms with van der Waals surface area (Å²) in [6.07, 6.45) is 5.49. The van der Waals surface area contributed by atoms with Crippen LogP contribution in [0, 0.1) is 5.92 Å². The summed E-state index contributed by atoms with van der Waals surface area (Å²) < 4.78 is 0. The van der Waals surface area contributed by atoms with Crippen LogP contribution in [0.1, 0.15) is 26.2 Å². The summed E-state index contributed by atoms with van der Waals surface area (Å²) in [4.78, 5) is 0. The van der Waals surface area contributed by atoms with Gasteiger partial charge >= 0.3 is 0 Å². The van der Waals surface area contributed by atoms with Gasteiger partial charge in [-0.2, -0.15) is 0 Å². The van der Waals surface area contributed by atoms with Gasteiger partial charge in [0.25, 0.3) is 0 Å². The van der Waals surface area contributed by atoms with E-state index in [0.29, 0.717) is 0 Å². The zero-order valence-electron chi connectivity index (χ0n) is 7.77. The molecule has 63 valence electrons. The van der Waals surface area contributed by atoms with E-state index in [1.807, 2.05) is 0 Å². The summed E-state index contributed by atoms with van der Waals surface area (Å²) in [6, 6.07) is 0.770. The first-order valence-electron chi connectivity index (χ1n) is 4.86. The predicted molar refractivity (Wildman–Crippen MR) is 51.2 cm³/mol. The summed E-state index contributed by atoms with van der Waals surface area (Å²) in [5.74, 6) is 0.954. The van der Waals surface area contributed by atoms with Crippen molar-refractivity contribution in [3.05, 3.63) is 0 Å². The molecule has 0 aliphatic carbocycles. The molecule has 1 aliphatic heterocycles. The van der Waals surface area contributed by atoms with E-state index in [9.17, 15) is 0 Å². The van der Waals surface area contributed by atoms with Crippen molar-refractivity contribution in [2.45, 2.75) is 45.4 Å².